The third-order valence-electron chi connectivity index (χ3n) is 8.76. The van der Waals surface area contributed by atoms with Crippen LogP contribution in [-0.2, 0) is 32.7 Å². The van der Waals surface area contributed by atoms with Gasteiger partial charge in [-0.2, -0.15) is 0 Å². The van der Waals surface area contributed by atoms with Crippen molar-refractivity contribution in [2.45, 2.75) is 206 Å². The number of hydrogen-bond acceptors (Lipinski definition) is 9. The topological polar surface area (TPSA) is 149 Å². The second-order valence-corrected chi connectivity index (χ2v) is 15.1. The summed E-state index contributed by atoms with van der Waals surface area (Å²) in [5, 5.41) is 18.3. The molecule has 0 fully saturated rings. The first kappa shape index (κ1) is 48.0. The molecule has 0 aromatic carbocycles. The first-order chi connectivity index (χ1) is 23.7. The van der Waals surface area contributed by atoms with E-state index in [0.29, 0.717) is 12.8 Å². The largest absolute Gasteiger partial charge is 0.472 e. The number of aliphatic hydroxyl groups excluding tert-OH is 2. The minimum atomic E-state index is -4.60. The summed E-state index contributed by atoms with van der Waals surface area (Å²) in [4.78, 5) is 34.8. The summed E-state index contributed by atoms with van der Waals surface area (Å²) in [5.41, 5.74) is 0. The van der Waals surface area contributed by atoms with Crippen molar-refractivity contribution >= 4 is 19.8 Å². The summed E-state index contributed by atoms with van der Waals surface area (Å²) >= 11 is 0. The molecule has 3 N–H and O–H groups in total. The molecule has 292 valence electrons. The molecule has 0 aliphatic rings. The Morgan fingerprint density at radius 2 is 0.878 bits per heavy atom. The predicted molar refractivity (Wildman–Crippen MR) is 196 cm³/mol. The van der Waals surface area contributed by atoms with Crippen LogP contribution in [0.2, 0.25) is 0 Å². The Labute approximate surface area is 299 Å². The number of aliphatic hydroxyl groups is 2. The molecule has 0 saturated heterocycles. The smallest absolute Gasteiger partial charge is 0.462 e. The van der Waals surface area contributed by atoms with E-state index in [-0.39, 0.29) is 19.4 Å². The lowest BCUT2D eigenvalue weighted by Gasteiger charge is -2.20. The van der Waals surface area contributed by atoms with E-state index in [0.717, 1.165) is 38.5 Å². The van der Waals surface area contributed by atoms with E-state index in [2.05, 4.69) is 18.4 Å². The van der Waals surface area contributed by atoms with Crippen molar-refractivity contribution in [3.63, 3.8) is 0 Å². The SMILES string of the molecule is CCCCCCCCCCCCCCCCCC(=O)OC(COC(=O)CCCCCCCCCCCCC)COP(=O)(O)OCC(O)CO. The van der Waals surface area contributed by atoms with Crippen LogP contribution in [0.15, 0.2) is 0 Å². The second kappa shape index (κ2) is 35.4. The minimum absolute atomic E-state index is 0.192. The number of ether oxygens (including phenoxy) is 2. The van der Waals surface area contributed by atoms with Crippen molar-refractivity contribution in [1.82, 2.24) is 0 Å². The van der Waals surface area contributed by atoms with Gasteiger partial charge in [-0.3, -0.25) is 18.6 Å². The predicted octanol–water partition coefficient (Wildman–Crippen LogP) is 9.89. The molecule has 0 spiro atoms. The zero-order valence-corrected chi connectivity index (χ0v) is 32.3. The lowest BCUT2D eigenvalue weighted by Crippen LogP contribution is -2.29. The molecule has 0 radical (unpaired) electrons. The van der Waals surface area contributed by atoms with Crippen LogP contribution in [0.25, 0.3) is 0 Å². The van der Waals surface area contributed by atoms with E-state index in [1.807, 2.05) is 0 Å². The van der Waals surface area contributed by atoms with Crippen molar-refractivity contribution < 1.29 is 47.8 Å². The first-order valence-corrected chi connectivity index (χ1v) is 21.5. The normalized spacial score (nSPS) is 14.0. The number of phosphoric ester groups is 1. The molecule has 0 heterocycles. The summed E-state index contributed by atoms with van der Waals surface area (Å²) in [6, 6.07) is 0. The molecular formula is C38H75O10P. The Morgan fingerprint density at radius 1 is 0.531 bits per heavy atom. The van der Waals surface area contributed by atoms with Crippen molar-refractivity contribution in [3.05, 3.63) is 0 Å². The lowest BCUT2D eigenvalue weighted by molar-refractivity contribution is -0.161. The molecular weight excluding hydrogens is 647 g/mol. The molecule has 0 aromatic rings. The second-order valence-electron chi connectivity index (χ2n) is 13.7. The van der Waals surface area contributed by atoms with Gasteiger partial charge in [-0.15, -0.1) is 0 Å². The Bertz CT molecular complexity index is 796. The van der Waals surface area contributed by atoms with Crippen LogP contribution in [0, 0.1) is 0 Å². The third-order valence-corrected chi connectivity index (χ3v) is 9.71. The molecule has 0 amide bonds. The average molecular weight is 723 g/mol. The van der Waals surface area contributed by atoms with E-state index in [1.165, 1.54) is 116 Å². The molecule has 0 rings (SSSR count). The first-order valence-electron chi connectivity index (χ1n) is 20.0. The lowest BCUT2D eigenvalue weighted by atomic mass is 10.0. The quantitative estimate of drug-likeness (QED) is 0.0319. The minimum Gasteiger partial charge on any atom is -0.462 e. The molecule has 0 aromatic heterocycles. The van der Waals surface area contributed by atoms with E-state index in [1.54, 1.807) is 0 Å². The van der Waals surface area contributed by atoms with Gasteiger partial charge in [-0.05, 0) is 12.8 Å². The fourth-order valence-electron chi connectivity index (χ4n) is 5.64. The fourth-order valence-corrected chi connectivity index (χ4v) is 6.43. The van der Waals surface area contributed by atoms with Crippen LogP contribution in [-0.4, -0.2) is 65.7 Å². The summed E-state index contributed by atoms with van der Waals surface area (Å²) in [6.45, 7) is 2.39. The van der Waals surface area contributed by atoms with Crippen molar-refractivity contribution in [1.29, 1.82) is 0 Å². The van der Waals surface area contributed by atoms with Crippen LogP contribution in [0.5, 0.6) is 0 Å². The number of phosphoric acid groups is 1. The average Bonchev–Trinajstić information content (AvgIpc) is 3.09. The number of carbonyl (C=O) groups excluding carboxylic acids is 2. The summed E-state index contributed by atoms with van der Waals surface area (Å²) in [5.74, 6) is -0.914. The van der Waals surface area contributed by atoms with Gasteiger partial charge in [0.1, 0.15) is 12.7 Å². The van der Waals surface area contributed by atoms with Crippen molar-refractivity contribution in [2.75, 3.05) is 26.4 Å². The third kappa shape index (κ3) is 35.2. The van der Waals surface area contributed by atoms with Crippen LogP contribution in [0.1, 0.15) is 194 Å². The van der Waals surface area contributed by atoms with Gasteiger partial charge in [0.2, 0.25) is 0 Å². The fraction of sp³-hybridized carbons (Fsp3) is 0.947. The van der Waals surface area contributed by atoms with Gasteiger partial charge in [0.15, 0.2) is 6.10 Å². The van der Waals surface area contributed by atoms with Crippen LogP contribution in [0.3, 0.4) is 0 Å². The highest BCUT2D eigenvalue weighted by Crippen LogP contribution is 2.43. The Balaban J connectivity index is 4.30. The molecule has 0 bridgehead atoms. The molecule has 0 aliphatic carbocycles. The maximum atomic E-state index is 12.6. The number of rotatable bonds is 38. The number of esters is 2. The highest BCUT2D eigenvalue weighted by molar-refractivity contribution is 7.47. The highest BCUT2D eigenvalue weighted by Gasteiger charge is 2.27. The van der Waals surface area contributed by atoms with Crippen LogP contribution in [0.4, 0.5) is 0 Å². The molecule has 0 aliphatic heterocycles. The van der Waals surface area contributed by atoms with E-state index in [9.17, 15) is 24.2 Å². The van der Waals surface area contributed by atoms with Gasteiger partial charge in [0.05, 0.1) is 19.8 Å². The maximum absolute atomic E-state index is 12.6. The number of carbonyl (C=O) groups is 2. The summed E-state index contributed by atoms with van der Waals surface area (Å²) < 4.78 is 32.6. The Morgan fingerprint density at radius 3 is 1.27 bits per heavy atom. The zero-order chi connectivity index (χ0) is 36.3. The summed E-state index contributed by atoms with van der Waals surface area (Å²) in [7, 11) is -4.60. The Kier molecular flexibility index (Phi) is 34.6. The van der Waals surface area contributed by atoms with E-state index in [4.69, 9.17) is 19.1 Å². The van der Waals surface area contributed by atoms with Gasteiger partial charge in [-0.25, -0.2) is 4.57 Å². The monoisotopic (exact) mass is 723 g/mol. The molecule has 11 heteroatoms. The van der Waals surface area contributed by atoms with Gasteiger partial charge in [-0.1, -0.05) is 168 Å². The summed E-state index contributed by atoms with van der Waals surface area (Å²) in [6.07, 6.45) is 29.3. The van der Waals surface area contributed by atoms with Gasteiger partial charge in [0.25, 0.3) is 0 Å². The zero-order valence-electron chi connectivity index (χ0n) is 31.4. The molecule has 0 saturated carbocycles. The standard InChI is InChI=1S/C38H75O10P/c1-3-5-7-9-11-13-15-16-17-18-20-22-24-26-28-30-38(42)48-36(34-47-49(43,44)46-32-35(40)31-39)33-45-37(41)29-27-25-23-21-19-14-12-10-8-6-4-2/h35-36,39-40H,3-34H2,1-2H3,(H,43,44). The molecule has 49 heavy (non-hydrogen) atoms. The van der Waals surface area contributed by atoms with Crippen LogP contribution >= 0.6 is 7.82 Å². The van der Waals surface area contributed by atoms with Crippen molar-refractivity contribution in [2.24, 2.45) is 0 Å². The van der Waals surface area contributed by atoms with Crippen molar-refractivity contribution in [3.8, 4) is 0 Å². The maximum Gasteiger partial charge on any atom is 0.472 e. The Hall–Kier alpha value is -1.03. The van der Waals surface area contributed by atoms with Gasteiger partial charge >= 0.3 is 19.8 Å². The molecule has 10 nitrogen and oxygen atoms in total. The van der Waals surface area contributed by atoms with E-state index >= 15 is 0 Å². The number of hydrogen-bond donors (Lipinski definition) is 3. The molecule has 3 unspecified atom stereocenters. The van der Waals surface area contributed by atoms with Gasteiger partial charge in [0, 0.05) is 12.8 Å². The van der Waals surface area contributed by atoms with Gasteiger partial charge < -0.3 is 24.6 Å². The number of unbranched alkanes of at least 4 members (excludes halogenated alkanes) is 24. The van der Waals surface area contributed by atoms with Crippen LogP contribution < -0.4 is 0 Å². The highest BCUT2D eigenvalue weighted by atomic mass is 31.2. The molecule has 3 atom stereocenters. The van der Waals surface area contributed by atoms with E-state index < -0.39 is 51.8 Å².